The van der Waals surface area contributed by atoms with Gasteiger partial charge in [0.25, 0.3) is 10.0 Å². The second-order valence-electron chi connectivity index (χ2n) is 5.62. The Labute approximate surface area is 157 Å². The van der Waals surface area contributed by atoms with Crippen LogP contribution in [0.1, 0.15) is 17.5 Å². The Kier molecular flexibility index (Phi) is 7.06. The smallest absolute Gasteiger partial charge is 0.250 e. The van der Waals surface area contributed by atoms with Crippen LogP contribution in [-0.4, -0.2) is 32.4 Å². The van der Waals surface area contributed by atoms with E-state index in [0.29, 0.717) is 17.9 Å². The molecule has 0 bridgehead atoms. The molecule has 0 radical (unpaired) electrons. The minimum Gasteiger partial charge on any atom is -0.324 e. The first-order valence-corrected chi connectivity index (χ1v) is 11.5. The summed E-state index contributed by atoms with van der Waals surface area (Å²) in [5.41, 5.74) is 2.74. The van der Waals surface area contributed by atoms with E-state index in [1.54, 1.807) is 23.2 Å². The van der Waals surface area contributed by atoms with Gasteiger partial charge in [-0.3, -0.25) is 4.79 Å². The van der Waals surface area contributed by atoms with Crippen molar-refractivity contribution in [1.82, 2.24) is 4.72 Å². The number of carbonyl (C=O) groups is 1. The van der Waals surface area contributed by atoms with Crippen LogP contribution in [0, 0.1) is 13.8 Å². The summed E-state index contributed by atoms with van der Waals surface area (Å²) in [7, 11) is -3.70. The minimum atomic E-state index is -3.70. The number of hydrogen-bond acceptors (Lipinski definition) is 5. The quantitative estimate of drug-likeness (QED) is 0.715. The number of thiophene rings is 1. The van der Waals surface area contributed by atoms with Crippen molar-refractivity contribution >= 4 is 44.7 Å². The lowest BCUT2D eigenvalue weighted by Crippen LogP contribution is -2.44. The molecule has 1 amide bonds. The van der Waals surface area contributed by atoms with Gasteiger partial charge in [0.15, 0.2) is 0 Å². The van der Waals surface area contributed by atoms with Gasteiger partial charge in [-0.05, 0) is 60.9 Å². The molecular weight excluding hydrogens is 376 g/mol. The summed E-state index contributed by atoms with van der Waals surface area (Å²) in [6, 6.07) is 8.03. The number of nitrogens with one attached hydrogen (secondary N) is 2. The van der Waals surface area contributed by atoms with Gasteiger partial charge in [-0.2, -0.15) is 16.5 Å². The van der Waals surface area contributed by atoms with Gasteiger partial charge in [-0.15, -0.1) is 11.3 Å². The average Bonchev–Trinajstić information content (AvgIpc) is 3.11. The van der Waals surface area contributed by atoms with Crippen LogP contribution in [0.3, 0.4) is 0 Å². The summed E-state index contributed by atoms with van der Waals surface area (Å²) in [6.45, 7) is 3.90. The van der Waals surface area contributed by atoms with E-state index in [-0.39, 0.29) is 10.1 Å². The summed E-state index contributed by atoms with van der Waals surface area (Å²) < 4.78 is 27.7. The lowest BCUT2D eigenvalue weighted by Gasteiger charge is -2.19. The van der Waals surface area contributed by atoms with Gasteiger partial charge in [-0.1, -0.05) is 18.2 Å². The van der Waals surface area contributed by atoms with E-state index in [9.17, 15) is 13.2 Å². The van der Waals surface area contributed by atoms with Crippen LogP contribution in [0.15, 0.2) is 39.9 Å². The highest BCUT2D eigenvalue weighted by Crippen LogP contribution is 2.20. The Morgan fingerprint density at radius 2 is 2.00 bits per heavy atom. The van der Waals surface area contributed by atoms with Crippen molar-refractivity contribution < 1.29 is 13.2 Å². The van der Waals surface area contributed by atoms with Crippen LogP contribution >= 0.6 is 23.1 Å². The third kappa shape index (κ3) is 5.31. The number of benzene rings is 1. The third-order valence-electron chi connectivity index (χ3n) is 3.85. The summed E-state index contributed by atoms with van der Waals surface area (Å²) in [4.78, 5) is 12.7. The first-order chi connectivity index (χ1) is 11.8. The maximum absolute atomic E-state index is 12.7. The fraction of sp³-hybridized carbons (Fsp3) is 0.353. The Bertz CT molecular complexity index is 818. The lowest BCUT2D eigenvalue weighted by molar-refractivity contribution is -0.117. The Morgan fingerprint density at radius 1 is 1.24 bits per heavy atom. The standard InChI is InChI=1S/C17H22N2O3S3/c1-12-6-4-7-14(13(12)2)18-17(20)15(9-11-23-3)19-25(21,22)16-8-5-10-24-16/h4-8,10,15,19H,9,11H2,1-3H3,(H,18,20). The van der Waals surface area contributed by atoms with Crippen molar-refractivity contribution in [3.63, 3.8) is 0 Å². The summed E-state index contributed by atoms with van der Waals surface area (Å²) in [6.07, 6.45) is 2.34. The molecule has 0 saturated heterocycles. The number of carbonyl (C=O) groups excluding carboxylic acids is 1. The van der Waals surface area contributed by atoms with Crippen LogP contribution in [0.25, 0.3) is 0 Å². The maximum Gasteiger partial charge on any atom is 0.250 e. The van der Waals surface area contributed by atoms with Crippen LogP contribution < -0.4 is 10.0 Å². The van der Waals surface area contributed by atoms with E-state index in [4.69, 9.17) is 0 Å². The van der Waals surface area contributed by atoms with Crippen molar-refractivity contribution in [2.24, 2.45) is 0 Å². The molecule has 136 valence electrons. The number of aryl methyl sites for hydroxylation is 1. The van der Waals surface area contributed by atoms with Gasteiger partial charge in [0.1, 0.15) is 10.3 Å². The molecule has 2 aromatic rings. The molecule has 1 aromatic carbocycles. The van der Waals surface area contributed by atoms with Gasteiger partial charge >= 0.3 is 0 Å². The molecule has 25 heavy (non-hydrogen) atoms. The van der Waals surface area contributed by atoms with Gasteiger partial charge < -0.3 is 5.32 Å². The topological polar surface area (TPSA) is 75.3 Å². The van der Waals surface area contributed by atoms with Gasteiger partial charge in [0.05, 0.1) is 0 Å². The molecule has 1 aromatic heterocycles. The zero-order valence-corrected chi connectivity index (χ0v) is 16.9. The van der Waals surface area contributed by atoms with Gasteiger partial charge in [0.2, 0.25) is 5.91 Å². The van der Waals surface area contributed by atoms with E-state index >= 15 is 0 Å². The molecule has 5 nitrogen and oxygen atoms in total. The Balaban J connectivity index is 2.18. The highest BCUT2D eigenvalue weighted by molar-refractivity contribution is 7.98. The van der Waals surface area contributed by atoms with E-state index in [1.807, 2.05) is 38.3 Å². The van der Waals surface area contributed by atoms with E-state index in [2.05, 4.69) is 10.0 Å². The fourth-order valence-corrected chi connectivity index (χ4v) is 4.96. The average molecular weight is 399 g/mol. The normalized spacial score (nSPS) is 12.8. The zero-order valence-electron chi connectivity index (χ0n) is 14.4. The van der Waals surface area contributed by atoms with Crippen LogP contribution in [0.5, 0.6) is 0 Å². The number of anilines is 1. The van der Waals surface area contributed by atoms with E-state index < -0.39 is 16.1 Å². The largest absolute Gasteiger partial charge is 0.324 e. The Morgan fingerprint density at radius 3 is 2.64 bits per heavy atom. The molecule has 2 N–H and O–H groups in total. The van der Waals surface area contributed by atoms with Gasteiger partial charge in [-0.25, -0.2) is 8.42 Å². The highest BCUT2D eigenvalue weighted by atomic mass is 32.2. The van der Waals surface area contributed by atoms with Crippen molar-refractivity contribution in [3.8, 4) is 0 Å². The van der Waals surface area contributed by atoms with Crippen molar-refractivity contribution in [3.05, 3.63) is 46.8 Å². The molecule has 1 unspecified atom stereocenters. The molecule has 0 saturated carbocycles. The molecule has 0 spiro atoms. The molecule has 0 aliphatic rings. The van der Waals surface area contributed by atoms with E-state index in [1.165, 1.54) is 6.07 Å². The van der Waals surface area contributed by atoms with Crippen molar-refractivity contribution in [2.75, 3.05) is 17.3 Å². The predicted octanol–water partition coefficient (Wildman–Crippen LogP) is 3.40. The summed E-state index contributed by atoms with van der Waals surface area (Å²) in [5, 5.41) is 4.55. The fourth-order valence-electron chi connectivity index (χ4n) is 2.25. The second-order valence-corrected chi connectivity index (χ2v) is 9.50. The number of sulfonamides is 1. The maximum atomic E-state index is 12.7. The molecule has 0 fully saturated rings. The molecule has 0 aliphatic carbocycles. The van der Waals surface area contributed by atoms with Crippen LogP contribution in [0.2, 0.25) is 0 Å². The second kappa shape index (κ2) is 8.84. The third-order valence-corrected chi connectivity index (χ3v) is 7.36. The van der Waals surface area contributed by atoms with Crippen molar-refractivity contribution in [1.29, 1.82) is 0 Å². The summed E-state index contributed by atoms with van der Waals surface area (Å²) >= 11 is 2.70. The number of thioether (sulfide) groups is 1. The van der Waals surface area contributed by atoms with Crippen LogP contribution in [-0.2, 0) is 14.8 Å². The van der Waals surface area contributed by atoms with Gasteiger partial charge in [0, 0.05) is 5.69 Å². The lowest BCUT2D eigenvalue weighted by atomic mass is 10.1. The first-order valence-electron chi connectivity index (χ1n) is 7.77. The summed E-state index contributed by atoms with van der Waals surface area (Å²) in [5.74, 6) is 0.334. The Hall–Kier alpha value is -1.35. The monoisotopic (exact) mass is 398 g/mol. The molecule has 2 rings (SSSR count). The number of hydrogen-bond donors (Lipinski definition) is 2. The molecular formula is C17H22N2O3S3. The van der Waals surface area contributed by atoms with E-state index in [0.717, 1.165) is 22.5 Å². The molecule has 8 heteroatoms. The molecule has 0 aliphatic heterocycles. The minimum absolute atomic E-state index is 0.209. The predicted molar refractivity (Wildman–Crippen MR) is 106 cm³/mol. The molecule has 1 atom stereocenters. The molecule has 1 heterocycles. The number of amides is 1. The first kappa shape index (κ1) is 20.0. The number of rotatable bonds is 8. The van der Waals surface area contributed by atoms with Crippen molar-refractivity contribution in [2.45, 2.75) is 30.5 Å². The zero-order chi connectivity index (χ0) is 18.4. The highest BCUT2D eigenvalue weighted by Gasteiger charge is 2.26. The van der Waals surface area contributed by atoms with Crippen LogP contribution in [0.4, 0.5) is 5.69 Å². The SMILES string of the molecule is CSCCC(NS(=O)(=O)c1cccs1)C(=O)Nc1cccc(C)c1C.